The Hall–Kier alpha value is -2.36. The maximum absolute atomic E-state index is 5.76. The topological polar surface area (TPSA) is 56.7 Å². The van der Waals surface area contributed by atoms with E-state index in [2.05, 4.69) is 41.6 Å². The van der Waals surface area contributed by atoms with Crippen molar-refractivity contribution in [2.45, 2.75) is 20.4 Å². The van der Waals surface area contributed by atoms with Crippen molar-refractivity contribution in [1.82, 2.24) is 14.5 Å². The van der Waals surface area contributed by atoms with E-state index >= 15 is 0 Å². The number of aromatic nitrogens is 3. The first kappa shape index (κ1) is 11.7. The van der Waals surface area contributed by atoms with Crippen molar-refractivity contribution in [3.63, 3.8) is 0 Å². The molecule has 0 atom stereocenters. The third-order valence-corrected chi connectivity index (χ3v) is 3.26. The number of benzene rings is 1. The third kappa shape index (κ3) is 1.95. The highest BCUT2D eigenvalue weighted by Gasteiger charge is 2.11. The Labute approximate surface area is 111 Å². The van der Waals surface area contributed by atoms with Gasteiger partial charge in [-0.1, -0.05) is 6.07 Å². The van der Waals surface area contributed by atoms with Gasteiger partial charge in [-0.2, -0.15) is 0 Å². The number of rotatable bonds is 2. The number of hydrogen-bond acceptors (Lipinski definition) is 3. The van der Waals surface area contributed by atoms with Gasteiger partial charge in [-0.15, -0.1) is 0 Å². The summed E-state index contributed by atoms with van der Waals surface area (Å²) >= 11 is 0. The van der Waals surface area contributed by atoms with Gasteiger partial charge in [0.15, 0.2) is 0 Å². The fourth-order valence-electron chi connectivity index (χ4n) is 2.37. The lowest BCUT2D eigenvalue weighted by Crippen LogP contribution is -1.98. The molecule has 2 aromatic heterocycles. The highest BCUT2D eigenvalue weighted by Crippen LogP contribution is 2.25. The summed E-state index contributed by atoms with van der Waals surface area (Å²) in [4.78, 5) is 8.76. The number of nitrogens with zero attached hydrogens (tertiary/aromatic N) is 3. The molecule has 0 saturated carbocycles. The van der Waals surface area contributed by atoms with Gasteiger partial charge in [-0.3, -0.25) is 0 Å². The van der Waals surface area contributed by atoms with Crippen LogP contribution < -0.4 is 5.73 Å². The lowest BCUT2D eigenvalue weighted by atomic mass is 10.2. The summed E-state index contributed by atoms with van der Waals surface area (Å²) in [5.41, 5.74) is 10.1. The van der Waals surface area contributed by atoms with Gasteiger partial charge in [0.05, 0.1) is 11.0 Å². The normalized spacial score (nSPS) is 11.1. The quantitative estimate of drug-likeness (QED) is 0.762. The summed E-state index contributed by atoms with van der Waals surface area (Å²) in [5.74, 6) is 1.46. The van der Waals surface area contributed by atoms with E-state index in [4.69, 9.17) is 10.7 Å². The number of anilines is 1. The Morgan fingerprint density at radius 2 is 2.05 bits per heavy atom. The molecular weight excluding hydrogens is 236 g/mol. The van der Waals surface area contributed by atoms with E-state index in [1.165, 1.54) is 5.56 Å². The molecule has 0 aliphatic rings. The molecule has 4 heteroatoms. The summed E-state index contributed by atoms with van der Waals surface area (Å²) in [7, 11) is 0. The van der Waals surface area contributed by atoms with Crippen molar-refractivity contribution in [3.05, 3.63) is 42.1 Å². The molecule has 3 rings (SSSR count). The zero-order valence-corrected chi connectivity index (χ0v) is 11.1. The summed E-state index contributed by atoms with van der Waals surface area (Å²) in [6, 6.07) is 10.1. The smallest absolute Gasteiger partial charge is 0.141 e. The van der Waals surface area contributed by atoms with E-state index in [9.17, 15) is 0 Å². The number of nitrogen functional groups attached to an aromatic ring is 1. The van der Waals surface area contributed by atoms with Crippen LogP contribution in [0.1, 0.15) is 12.5 Å². The van der Waals surface area contributed by atoms with Crippen molar-refractivity contribution in [2.24, 2.45) is 0 Å². The average Bonchev–Trinajstić information content (AvgIpc) is 2.76. The third-order valence-electron chi connectivity index (χ3n) is 3.26. The van der Waals surface area contributed by atoms with Crippen molar-refractivity contribution < 1.29 is 0 Å². The van der Waals surface area contributed by atoms with Crippen LogP contribution in [-0.2, 0) is 6.54 Å². The Morgan fingerprint density at radius 1 is 1.21 bits per heavy atom. The molecule has 0 saturated heterocycles. The van der Waals surface area contributed by atoms with Crippen LogP contribution in [0.3, 0.4) is 0 Å². The minimum absolute atomic E-state index is 0.517. The molecule has 2 N–H and O–H groups in total. The van der Waals surface area contributed by atoms with Crippen molar-refractivity contribution in [3.8, 4) is 11.4 Å². The standard InChI is InChI=1S/C15H16N4/c1-3-19-13-5-4-10(2)8-12(13)18-15(19)11-6-7-17-14(16)9-11/h4-9H,3H2,1-2H3,(H2,16,17). The van der Waals surface area contributed by atoms with Crippen LogP contribution in [-0.4, -0.2) is 14.5 Å². The van der Waals surface area contributed by atoms with Crippen LogP contribution >= 0.6 is 0 Å². The van der Waals surface area contributed by atoms with Crippen LogP contribution in [0.15, 0.2) is 36.5 Å². The average molecular weight is 252 g/mol. The van der Waals surface area contributed by atoms with E-state index in [0.29, 0.717) is 5.82 Å². The molecule has 2 heterocycles. The number of fused-ring (bicyclic) bond motifs is 1. The second-order valence-corrected chi connectivity index (χ2v) is 4.64. The number of pyridine rings is 1. The number of hydrogen-bond donors (Lipinski definition) is 1. The van der Waals surface area contributed by atoms with Crippen LogP contribution in [0, 0.1) is 6.92 Å². The molecule has 0 spiro atoms. The molecule has 0 radical (unpaired) electrons. The molecule has 0 aliphatic carbocycles. The van der Waals surface area contributed by atoms with Crippen LogP contribution in [0.4, 0.5) is 5.82 Å². The molecule has 0 bridgehead atoms. The molecule has 0 amide bonds. The number of aryl methyl sites for hydroxylation is 2. The van der Waals surface area contributed by atoms with Crippen LogP contribution in [0.25, 0.3) is 22.4 Å². The number of imidazole rings is 1. The fraction of sp³-hybridized carbons (Fsp3) is 0.200. The Bertz CT molecular complexity index is 743. The van der Waals surface area contributed by atoms with Crippen molar-refractivity contribution >= 4 is 16.9 Å². The van der Waals surface area contributed by atoms with Crippen LogP contribution in [0.5, 0.6) is 0 Å². The summed E-state index contributed by atoms with van der Waals surface area (Å²) < 4.78 is 2.20. The minimum Gasteiger partial charge on any atom is -0.384 e. The maximum atomic E-state index is 5.76. The maximum Gasteiger partial charge on any atom is 0.141 e. The zero-order chi connectivity index (χ0) is 13.4. The first-order valence-electron chi connectivity index (χ1n) is 6.38. The van der Waals surface area contributed by atoms with Crippen molar-refractivity contribution in [2.75, 3.05) is 5.73 Å². The van der Waals surface area contributed by atoms with Gasteiger partial charge in [0.1, 0.15) is 11.6 Å². The molecule has 0 unspecified atom stereocenters. The Balaban J connectivity index is 2.28. The second-order valence-electron chi connectivity index (χ2n) is 4.64. The lowest BCUT2D eigenvalue weighted by Gasteiger charge is -2.06. The lowest BCUT2D eigenvalue weighted by molar-refractivity contribution is 0.796. The first-order valence-corrected chi connectivity index (χ1v) is 6.38. The predicted molar refractivity (Wildman–Crippen MR) is 77.8 cm³/mol. The minimum atomic E-state index is 0.517. The summed E-state index contributed by atoms with van der Waals surface area (Å²) in [6.07, 6.45) is 1.72. The molecule has 3 aromatic rings. The Morgan fingerprint density at radius 3 is 2.79 bits per heavy atom. The van der Waals surface area contributed by atoms with E-state index in [1.54, 1.807) is 6.20 Å². The van der Waals surface area contributed by atoms with E-state index in [1.807, 2.05) is 12.1 Å². The fourth-order valence-corrected chi connectivity index (χ4v) is 2.37. The summed E-state index contributed by atoms with van der Waals surface area (Å²) in [6.45, 7) is 5.07. The zero-order valence-electron chi connectivity index (χ0n) is 11.1. The van der Waals surface area contributed by atoms with E-state index < -0.39 is 0 Å². The molecule has 0 aliphatic heterocycles. The van der Waals surface area contributed by atoms with Crippen LogP contribution in [0.2, 0.25) is 0 Å². The predicted octanol–water partition coefficient (Wildman–Crippen LogP) is 3.01. The van der Waals surface area contributed by atoms with Gasteiger partial charge in [0, 0.05) is 18.3 Å². The first-order chi connectivity index (χ1) is 9.19. The highest BCUT2D eigenvalue weighted by atomic mass is 15.1. The molecule has 96 valence electrons. The highest BCUT2D eigenvalue weighted by molar-refractivity contribution is 5.81. The number of nitrogens with two attached hydrogens (primary N) is 1. The SMILES string of the molecule is CCn1c(-c2ccnc(N)c2)nc2cc(C)ccc21. The summed E-state index contributed by atoms with van der Waals surface area (Å²) in [5, 5.41) is 0. The van der Waals surface area contributed by atoms with Gasteiger partial charge in [0.25, 0.3) is 0 Å². The molecular formula is C15H16N4. The molecule has 4 nitrogen and oxygen atoms in total. The van der Waals surface area contributed by atoms with E-state index in [-0.39, 0.29) is 0 Å². The van der Waals surface area contributed by atoms with Gasteiger partial charge in [-0.25, -0.2) is 9.97 Å². The molecule has 0 fully saturated rings. The van der Waals surface area contributed by atoms with Gasteiger partial charge in [0.2, 0.25) is 0 Å². The van der Waals surface area contributed by atoms with Gasteiger partial charge in [-0.05, 0) is 43.7 Å². The molecule has 1 aromatic carbocycles. The van der Waals surface area contributed by atoms with Gasteiger partial charge >= 0.3 is 0 Å². The Kier molecular flexibility index (Phi) is 2.71. The monoisotopic (exact) mass is 252 g/mol. The van der Waals surface area contributed by atoms with Crippen molar-refractivity contribution in [1.29, 1.82) is 0 Å². The van der Waals surface area contributed by atoms with E-state index in [0.717, 1.165) is 29.0 Å². The molecule has 19 heavy (non-hydrogen) atoms. The van der Waals surface area contributed by atoms with Gasteiger partial charge < -0.3 is 10.3 Å². The largest absolute Gasteiger partial charge is 0.384 e. The second kappa shape index (κ2) is 4.39.